The van der Waals surface area contributed by atoms with Gasteiger partial charge < -0.3 is 14.6 Å². The molecule has 0 saturated carbocycles. The molecular weight excluding hydrogens is 224 g/mol. The minimum Gasteiger partial charge on any atom is -0.464 e. The highest BCUT2D eigenvalue weighted by Gasteiger charge is 2.19. The average molecular weight is 246 g/mol. The van der Waals surface area contributed by atoms with Crippen molar-refractivity contribution in [3.63, 3.8) is 0 Å². The Morgan fingerprint density at radius 1 is 1.22 bits per heavy atom. The van der Waals surface area contributed by atoms with Gasteiger partial charge in [0.15, 0.2) is 0 Å². The number of benzene rings is 1. The zero-order chi connectivity index (χ0) is 13.2. The van der Waals surface area contributed by atoms with Gasteiger partial charge >= 0.3 is 0 Å². The van der Waals surface area contributed by atoms with Gasteiger partial charge in [-0.1, -0.05) is 18.2 Å². The van der Waals surface area contributed by atoms with Gasteiger partial charge in [-0.2, -0.15) is 0 Å². The number of likely N-dealkylation sites (N-methyl/N-ethyl adjacent to an activating group) is 1. The Morgan fingerprint density at radius 2 is 1.94 bits per heavy atom. The number of hydrogen-bond donors (Lipinski definition) is 1. The van der Waals surface area contributed by atoms with Gasteiger partial charge in [-0.25, -0.2) is 0 Å². The molecule has 0 atom stereocenters. The summed E-state index contributed by atoms with van der Waals surface area (Å²) in [5.41, 5.74) is 2.33. The van der Waals surface area contributed by atoms with E-state index < -0.39 is 0 Å². The summed E-state index contributed by atoms with van der Waals surface area (Å²) in [4.78, 5) is 2.23. The van der Waals surface area contributed by atoms with Crippen molar-refractivity contribution in [1.29, 1.82) is 0 Å². The minimum atomic E-state index is 0.152. The van der Waals surface area contributed by atoms with Gasteiger partial charge in [0.2, 0.25) is 0 Å². The van der Waals surface area contributed by atoms with Crippen LogP contribution in [0.5, 0.6) is 0 Å². The lowest BCUT2D eigenvalue weighted by molar-refractivity contribution is 0.190. The van der Waals surface area contributed by atoms with Crippen LogP contribution in [0.4, 0.5) is 0 Å². The maximum absolute atomic E-state index is 5.53. The second-order valence-electron chi connectivity index (χ2n) is 5.57. The van der Waals surface area contributed by atoms with E-state index in [9.17, 15) is 0 Å². The zero-order valence-corrected chi connectivity index (χ0v) is 11.7. The van der Waals surface area contributed by atoms with E-state index in [4.69, 9.17) is 4.42 Å². The van der Waals surface area contributed by atoms with Gasteiger partial charge in [0, 0.05) is 29.6 Å². The molecule has 98 valence electrons. The Bertz CT molecular complexity index is 514. The van der Waals surface area contributed by atoms with Gasteiger partial charge in [0.1, 0.15) is 5.58 Å². The van der Waals surface area contributed by atoms with Crippen molar-refractivity contribution in [3.8, 4) is 0 Å². The molecule has 0 amide bonds. The van der Waals surface area contributed by atoms with Crippen molar-refractivity contribution in [3.05, 3.63) is 36.1 Å². The van der Waals surface area contributed by atoms with E-state index in [2.05, 4.69) is 44.2 Å². The maximum atomic E-state index is 5.53. The first-order valence-electron chi connectivity index (χ1n) is 6.34. The van der Waals surface area contributed by atoms with Crippen molar-refractivity contribution in [1.82, 2.24) is 10.2 Å². The van der Waals surface area contributed by atoms with Gasteiger partial charge in [0.05, 0.1) is 6.26 Å². The third kappa shape index (κ3) is 2.74. The lowest BCUT2D eigenvalue weighted by atomic mass is 10.0. The molecule has 1 aromatic heterocycles. The van der Waals surface area contributed by atoms with E-state index in [0.717, 1.165) is 18.7 Å². The fourth-order valence-electron chi connectivity index (χ4n) is 1.83. The first-order chi connectivity index (χ1) is 8.50. The molecule has 0 saturated heterocycles. The lowest BCUT2D eigenvalue weighted by Crippen LogP contribution is -2.46. The number of nitrogens with one attached hydrogen (secondary N) is 1. The lowest BCUT2D eigenvalue weighted by Gasteiger charge is -2.32. The predicted octanol–water partition coefficient (Wildman–Crippen LogP) is 2.86. The standard InChI is InChI=1S/C15H22N2O/c1-15(2,17(3)4)11-16-9-12-10-18-14-8-6-5-7-13(12)14/h5-8,10,16H,9,11H2,1-4H3. The Morgan fingerprint density at radius 3 is 2.67 bits per heavy atom. The fourth-order valence-corrected chi connectivity index (χ4v) is 1.83. The fraction of sp³-hybridized carbons (Fsp3) is 0.467. The minimum absolute atomic E-state index is 0.152. The Hall–Kier alpha value is -1.32. The smallest absolute Gasteiger partial charge is 0.134 e. The molecule has 2 rings (SSSR count). The summed E-state index contributed by atoms with van der Waals surface area (Å²) in [5, 5.41) is 4.70. The summed E-state index contributed by atoms with van der Waals surface area (Å²) in [6.45, 7) is 6.24. The summed E-state index contributed by atoms with van der Waals surface area (Å²) in [5.74, 6) is 0. The number of rotatable bonds is 5. The van der Waals surface area contributed by atoms with Crippen LogP contribution >= 0.6 is 0 Å². The summed E-state index contributed by atoms with van der Waals surface area (Å²) in [6, 6.07) is 8.15. The first-order valence-corrected chi connectivity index (χ1v) is 6.34. The van der Waals surface area contributed by atoms with Crippen LogP contribution in [0.3, 0.4) is 0 Å². The summed E-state index contributed by atoms with van der Waals surface area (Å²) < 4.78 is 5.53. The molecule has 0 aliphatic rings. The average Bonchev–Trinajstić information content (AvgIpc) is 2.72. The van der Waals surface area contributed by atoms with Crippen molar-refractivity contribution in [2.75, 3.05) is 20.6 Å². The third-order valence-corrected chi connectivity index (χ3v) is 3.64. The summed E-state index contributed by atoms with van der Waals surface area (Å²) in [6.07, 6.45) is 1.85. The van der Waals surface area contributed by atoms with Crippen molar-refractivity contribution in [2.45, 2.75) is 25.9 Å². The van der Waals surface area contributed by atoms with Crippen LogP contribution in [0.15, 0.2) is 34.9 Å². The largest absolute Gasteiger partial charge is 0.464 e. The normalized spacial score (nSPS) is 12.5. The van der Waals surface area contributed by atoms with Crippen LogP contribution in [0.2, 0.25) is 0 Å². The van der Waals surface area contributed by atoms with Gasteiger partial charge in [-0.3, -0.25) is 0 Å². The molecule has 2 aromatic rings. The molecule has 0 spiro atoms. The topological polar surface area (TPSA) is 28.4 Å². The highest BCUT2D eigenvalue weighted by Crippen LogP contribution is 2.20. The van der Waals surface area contributed by atoms with Crippen LogP contribution < -0.4 is 5.32 Å². The van der Waals surface area contributed by atoms with E-state index in [1.54, 1.807) is 0 Å². The van der Waals surface area contributed by atoms with Crippen molar-refractivity contribution in [2.24, 2.45) is 0 Å². The highest BCUT2D eigenvalue weighted by atomic mass is 16.3. The number of fused-ring (bicyclic) bond motifs is 1. The Labute approximate surface area is 109 Å². The second-order valence-corrected chi connectivity index (χ2v) is 5.57. The highest BCUT2D eigenvalue weighted by molar-refractivity contribution is 5.80. The Balaban J connectivity index is 1.99. The molecule has 1 N–H and O–H groups in total. The predicted molar refractivity (Wildman–Crippen MR) is 75.7 cm³/mol. The quantitative estimate of drug-likeness (QED) is 0.879. The van der Waals surface area contributed by atoms with Crippen LogP contribution in [-0.2, 0) is 6.54 Å². The molecule has 0 aliphatic heterocycles. The van der Waals surface area contributed by atoms with Gasteiger partial charge in [-0.15, -0.1) is 0 Å². The molecule has 3 heteroatoms. The van der Waals surface area contributed by atoms with E-state index >= 15 is 0 Å². The number of nitrogens with zero attached hydrogens (tertiary/aromatic N) is 1. The molecule has 0 fully saturated rings. The van der Waals surface area contributed by atoms with Crippen molar-refractivity contribution < 1.29 is 4.42 Å². The SMILES string of the molecule is CN(C)C(C)(C)CNCc1coc2ccccc12. The molecule has 3 nitrogen and oxygen atoms in total. The monoisotopic (exact) mass is 246 g/mol. The Kier molecular flexibility index (Phi) is 3.73. The van der Waals surface area contributed by atoms with Crippen LogP contribution in [0, 0.1) is 0 Å². The van der Waals surface area contributed by atoms with Crippen LogP contribution in [0.1, 0.15) is 19.4 Å². The second kappa shape index (κ2) is 5.12. The summed E-state index contributed by atoms with van der Waals surface area (Å²) in [7, 11) is 4.21. The molecule has 0 radical (unpaired) electrons. The molecule has 18 heavy (non-hydrogen) atoms. The number of furan rings is 1. The van der Waals surface area contributed by atoms with Crippen LogP contribution in [-0.4, -0.2) is 31.1 Å². The first kappa shape index (κ1) is 13.1. The van der Waals surface area contributed by atoms with Crippen LogP contribution in [0.25, 0.3) is 11.0 Å². The van der Waals surface area contributed by atoms with E-state index in [1.807, 2.05) is 24.5 Å². The molecular formula is C15H22N2O. The van der Waals surface area contributed by atoms with E-state index in [1.165, 1.54) is 10.9 Å². The van der Waals surface area contributed by atoms with E-state index in [-0.39, 0.29) is 5.54 Å². The zero-order valence-electron chi connectivity index (χ0n) is 11.7. The molecule has 0 bridgehead atoms. The van der Waals surface area contributed by atoms with Gasteiger partial charge in [-0.05, 0) is 34.0 Å². The molecule has 0 unspecified atom stereocenters. The molecule has 1 aromatic carbocycles. The summed E-state index contributed by atoms with van der Waals surface area (Å²) >= 11 is 0. The maximum Gasteiger partial charge on any atom is 0.134 e. The number of hydrogen-bond acceptors (Lipinski definition) is 3. The van der Waals surface area contributed by atoms with Crippen molar-refractivity contribution >= 4 is 11.0 Å². The third-order valence-electron chi connectivity index (χ3n) is 3.64. The molecule has 1 heterocycles. The van der Waals surface area contributed by atoms with Gasteiger partial charge in [0.25, 0.3) is 0 Å². The molecule has 0 aliphatic carbocycles. The number of para-hydroxylation sites is 1. The van der Waals surface area contributed by atoms with E-state index in [0.29, 0.717) is 0 Å².